The molecule has 2 aromatic rings. The van der Waals surface area contributed by atoms with Crippen LogP contribution in [-0.4, -0.2) is 48.5 Å². The van der Waals surface area contributed by atoms with Crippen molar-refractivity contribution in [3.8, 4) is 0 Å². The SMILES string of the molecule is COC(=O)c1[nH]c2ccccc2c1NC(=O)CN1CCC(C)CC1. The van der Waals surface area contributed by atoms with Crippen molar-refractivity contribution >= 4 is 28.5 Å². The number of hydrogen-bond donors (Lipinski definition) is 2. The van der Waals surface area contributed by atoms with Crippen LogP contribution in [-0.2, 0) is 9.53 Å². The number of piperidine rings is 1. The van der Waals surface area contributed by atoms with E-state index in [-0.39, 0.29) is 11.6 Å². The van der Waals surface area contributed by atoms with Gasteiger partial charge in [0.25, 0.3) is 0 Å². The summed E-state index contributed by atoms with van der Waals surface area (Å²) in [5.74, 6) is 0.122. The fourth-order valence-electron chi connectivity index (χ4n) is 3.13. The Morgan fingerprint density at radius 3 is 2.71 bits per heavy atom. The van der Waals surface area contributed by atoms with Gasteiger partial charge in [0, 0.05) is 10.9 Å². The molecule has 0 aliphatic carbocycles. The molecular formula is C18H23N3O3. The minimum absolute atomic E-state index is 0.112. The van der Waals surface area contributed by atoms with Crippen LogP contribution in [0.25, 0.3) is 10.9 Å². The number of rotatable bonds is 4. The fourth-order valence-corrected chi connectivity index (χ4v) is 3.13. The predicted molar refractivity (Wildman–Crippen MR) is 93.1 cm³/mol. The van der Waals surface area contributed by atoms with Gasteiger partial charge >= 0.3 is 5.97 Å². The first-order chi connectivity index (χ1) is 11.6. The number of para-hydroxylation sites is 1. The molecular weight excluding hydrogens is 306 g/mol. The quantitative estimate of drug-likeness (QED) is 0.846. The Labute approximate surface area is 141 Å². The van der Waals surface area contributed by atoms with Crippen LogP contribution in [0.4, 0.5) is 5.69 Å². The molecule has 0 atom stereocenters. The minimum Gasteiger partial charge on any atom is -0.464 e. The molecule has 1 aliphatic heterocycles. The third kappa shape index (κ3) is 3.43. The molecule has 1 aromatic carbocycles. The van der Waals surface area contributed by atoms with E-state index in [1.807, 2.05) is 24.3 Å². The molecule has 6 nitrogen and oxygen atoms in total. The number of hydrogen-bond acceptors (Lipinski definition) is 4. The Hall–Kier alpha value is -2.34. The first kappa shape index (κ1) is 16.5. The summed E-state index contributed by atoms with van der Waals surface area (Å²) in [6, 6.07) is 7.49. The smallest absolute Gasteiger partial charge is 0.356 e. The number of amides is 1. The van der Waals surface area contributed by atoms with Crippen molar-refractivity contribution in [2.75, 3.05) is 32.1 Å². The van der Waals surface area contributed by atoms with E-state index >= 15 is 0 Å². The number of nitrogens with zero attached hydrogens (tertiary/aromatic N) is 1. The lowest BCUT2D eigenvalue weighted by Gasteiger charge is -2.29. The first-order valence-electron chi connectivity index (χ1n) is 8.29. The topological polar surface area (TPSA) is 74.4 Å². The van der Waals surface area contributed by atoms with Gasteiger partial charge in [-0.1, -0.05) is 25.1 Å². The number of aromatic amines is 1. The van der Waals surface area contributed by atoms with E-state index in [4.69, 9.17) is 4.74 Å². The molecule has 128 valence electrons. The van der Waals surface area contributed by atoms with Gasteiger partial charge in [0.1, 0.15) is 5.69 Å². The van der Waals surface area contributed by atoms with Crippen molar-refractivity contribution in [3.05, 3.63) is 30.0 Å². The van der Waals surface area contributed by atoms with Crippen LogP contribution in [0.1, 0.15) is 30.3 Å². The van der Waals surface area contributed by atoms with E-state index in [9.17, 15) is 9.59 Å². The second-order valence-electron chi connectivity index (χ2n) is 6.42. The monoisotopic (exact) mass is 329 g/mol. The Morgan fingerprint density at radius 2 is 2.00 bits per heavy atom. The largest absolute Gasteiger partial charge is 0.464 e. The van der Waals surface area contributed by atoms with E-state index in [1.165, 1.54) is 7.11 Å². The van der Waals surface area contributed by atoms with E-state index in [1.54, 1.807) is 0 Å². The number of ether oxygens (including phenoxy) is 1. The summed E-state index contributed by atoms with van der Waals surface area (Å²) in [4.78, 5) is 29.6. The molecule has 2 N–H and O–H groups in total. The summed E-state index contributed by atoms with van der Waals surface area (Å²) in [6.07, 6.45) is 2.24. The minimum atomic E-state index is -0.492. The fraction of sp³-hybridized carbons (Fsp3) is 0.444. The van der Waals surface area contributed by atoms with Crippen LogP contribution in [0, 0.1) is 5.92 Å². The average Bonchev–Trinajstić information content (AvgIpc) is 2.95. The lowest BCUT2D eigenvalue weighted by molar-refractivity contribution is -0.117. The maximum Gasteiger partial charge on any atom is 0.356 e. The van der Waals surface area contributed by atoms with Crippen molar-refractivity contribution < 1.29 is 14.3 Å². The lowest BCUT2D eigenvalue weighted by Crippen LogP contribution is -2.38. The van der Waals surface area contributed by atoms with E-state index < -0.39 is 5.97 Å². The van der Waals surface area contributed by atoms with Crippen LogP contribution in [0.2, 0.25) is 0 Å². The number of anilines is 1. The van der Waals surface area contributed by atoms with Crippen LogP contribution < -0.4 is 5.32 Å². The van der Waals surface area contributed by atoms with Crippen LogP contribution in [0.15, 0.2) is 24.3 Å². The number of carbonyl (C=O) groups is 2. The molecule has 0 spiro atoms. The zero-order valence-electron chi connectivity index (χ0n) is 14.1. The Kier molecular flexibility index (Phi) is 4.85. The molecule has 0 saturated carbocycles. The first-order valence-corrected chi connectivity index (χ1v) is 8.29. The van der Waals surface area contributed by atoms with Crippen molar-refractivity contribution in [3.63, 3.8) is 0 Å². The predicted octanol–water partition coefficient (Wildman–Crippen LogP) is 2.62. The zero-order valence-corrected chi connectivity index (χ0v) is 14.1. The number of benzene rings is 1. The van der Waals surface area contributed by atoms with Crippen molar-refractivity contribution in [1.82, 2.24) is 9.88 Å². The van der Waals surface area contributed by atoms with E-state index in [0.29, 0.717) is 12.2 Å². The summed E-state index contributed by atoms with van der Waals surface area (Å²) in [5.41, 5.74) is 1.56. The summed E-state index contributed by atoms with van der Waals surface area (Å²) in [5, 5.41) is 3.70. The van der Waals surface area contributed by atoms with Crippen molar-refractivity contribution in [2.45, 2.75) is 19.8 Å². The standard InChI is InChI=1S/C18H23N3O3/c1-12-7-9-21(10-8-12)11-15(22)20-16-13-5-3-4-6-14(13)19-17(16)18(23)24-2/h3-6,12,19H,7-11H2,1-2H3,(H,20,22). The summed E-state index contributed by atoms with van der Waals surface area (Å²) in [7, 11) is 1.33. The molecule has 1 saturated heterocycles. The number of aromatic nitrogens is 1. The summed E-state index contributed by atoms with van der Waals surface area (Å²) < 4.78 is 4.82. The highest BCUT2D eigenvalue weighted by Gasteiger charge is 2.22. The molecule has 24 heavy (non-hydrogen) atoms. The number of H-pyrrole nitrogens is 1. The van der Waals surface area contributed by atoms with Crippen molar-refractivity contribution in [2.24, 2.45) is 5.92 Å². The van der Waals surface area contributed by atoms with Gasteiger partial charge in [0.15, 0.2) is 0 Å². The highest BCUT2D eigenvalue weighted by Crippen LogP contribution is 2.28. The number of nitrogens with one attached hydrogen (secondary N) is 2. The van der Waals surface area contributed by atoms with Gasteiger partial charge in [0.05, 0.1) is 19.3 Å². The number of fused-ring (bicyclic) bond motifs is 1. The Bertz CT molecular complexity index is 745. The van der Waals surface area contributed by atoms with Gasteiger partial charge < -0.3 is 15.0 Å². The second-order valence-corrected chi connectivity index (χ2v) is 6.42. The maximum absolute atomic E-state index is 12.4. The van der Waals surface area contributed by atoms with Gasteiger partial charge in [-0.25, -0.2) is 4.79 Å². The number of esters is 1. The van der Waals surface area contributed by atoms with Gasteiger partial charge in [-0.2, -0.15) is 0 Å². The van der Waals surface area contributed by atoms with Crippen LogP contribution >= 0.6 is 0 Å². The van der Waals surface area contributed by atoms with Gasteiger partial charge in [-0.05, 0) is 37.9 Å². The molecule has 0 radical (unpaired) electrons. The summed E-state index contributed by atoms with van der Waals surface area (Å²) >= 11 is 0. The molecule has 1 aromatic heterocycles. The number of carbonyl (C=O) groups excluding carboxylic acids is 2. The molecule has 2 heterocycles. The van der Waals surface area contributed by atoms with E-state index in [0.717, 1.165) is 42.8 Å². The molecule has 3 rings (SSSR count). The van der Waals surface area contributed by atoms with Gasteiger partial charge in [-0.15, -0.1) is 0 Å². The average molecular weight is 329 g/mol. The van der Waals surface area contributed by atoms with E-state index in [2.05, 4.69) is 22.1 Å². The number of likely N-dealkylation sites (tertiary alicyclic amines) is 1. The zero-order chi connectivity index (χ0) is 17.1. The number of methoxy groups -OCH3 is 1. The second kappa shape index (κ2) is 7.05. The third-order valence-corrected chi connectivity index (χ3v) is 4.60. The molecule has 0 unspecified atom stereocenters. The van der Waals surface area contributed by atoms with Crippen LogP contribution in [0.3, 0.4) is 0 Å². The highest BCUT2D eigenvalue weighted by atomic mass is 16.5. The third-order valence-electron chi connectivity index (χ3n) is 4.60. The Balaban J connectivity index is 1.78. The summed E-state index contributed by atoms with van der Waals surface area (Å²) in [6.45, 7) is 4.46. The molecule has 0 bridgehead atoms. The molecule has 1 fully saturated rings. The normalized spacial score (nSPS) is 16.2. The van der Waals surface area contributed by atoms with Gasteiger partial charge in [-0.3, -0.25) is 9.69 Å². The molecule has 1 aliphatic rings. The molecule has 6 heteroatoms. The molecule has 1 amide bonds. The van der Waals surface area contributed by atoms with Crippen molar-refractivity contribution in [1.29, 1.82) is 0 Å². The lowest BCUT2D eigenvalue weighted by atomic mass is 9.99. The maximum atomic E-state index is 12.4. The Morgan fingerprint density at radius 1 is 1.29 bits per heavy atom. The highest BCUT2D eigenvalue weighted by molar-refractivity contribution is 6.11. The van der Waals surface area contributed by atoms with Gasteiger partial charge in [0.2, 0.25) is 5.91 Å². The van der Waals surface area contributed by atoms with Crippen LogP contribution in [0.5, 0.6) is 0 Å².